The van der Waals surface area contributed by atoms with Gasteiger partial charge in [-0.25, -0.2) is 22.8 Å². The molecular weight excluding hydrogens is 773 g/mol. The zero-order valence-corrected chi connectivity index (χ0v) is 35.6. The number of carboxylic acid groups (broad SMARTS) is 2. The summed E-state index contributed by atoms with van der Waals surface area (Å²) >= 11 is 0. The van der Waals surface area contributed by atoms with Gasteiger partial charge in [0, 0.05) is 102 Å². The summed E-state index contributed by atoms with van der Waals surface area (Å²) in [4.78, 5) is 47.2. The summed E-state index contributed by atoms with van der Waals surface area (Å²) in [6, 6.07) is 27.5. The SMILES string of the molecule is CCOc1ccc(S(=O)(=O)CCN(C(=O)N(CCCN2CCN(c3ccccc3)CC2)CCCN2CCN(c3ccccc3)CC2)C(C)C)cc1.O=C(O)/C=C/C(=O)O. The highest BCUT2D eigenvalue weighted by Crippen LogP contribution is 2.20. The first-order valence-corrected chi connectivity index (χ1v) is 22.2. The second-order valence-corrected chi connectivity index (χ2v) is 16.9. The molecule has 2 fully saturated rings. The quantitative estimate of drug-likeness (QED) is 0.154. The predicted molar refractivity (Wildman–Crippen MR) is 232 cm³/mol. The zero-order valence-electron chi connectivity index (χ0n) is 34.8. The van der Waals surface area contributed by atoms with Gasteiger partial charge >= 0.3 is 18.0 Å². The van der Waals surface area contributed by atoms with Crippen LogP contribution in [0.15, 0.2) is 102 Å². The standard InChI is InChI=1S/C40H58N6O4S.C4H4O4/c1-4-50-38-17-19-39(20-18-38)51(48,49)34-33-46(35(2)3)40(47)45(23-11-21-41-25-29-43(30-26-41)36-13-7-5-8-14-36)24-12-22-42-27-31-44(32-28-42)37-15-9-6-10-16-37;5-3(6)1-2-4(7)8/h5-10,13-20,35H,4,11-12,21-34H2,1-3H3;1-2H,(H,5,6)(H,7,8)/b;2-1+. The van der Waals surface area contributed by atoms with Crippen molar-refractivity contribution in [3.63, 3.8) is 0 Å². The molecule has 59 heavy (non-hydrogen) atoms. The Morgan fingerprint density at radius 3 is 1.51 bits per heavy atom. The molecule has 2 amide bonds. The highest BCUT2D eigenvalue weighted by atomic mass is 32.2. The van der Waals surface area contributed by atoms with Crippen LogP contribution in [0.25, 0.3) is 0 Å². The van der Waals surface area contributed by atoms with Crippen LogP contribution in [-0.2, 0) is 19.4 Å². The van der Waals surface area contributed by atoms with E-state index in [4.69, 9.17) is 14.9 Å². The average Bonchev–Trinajstić information content (AvgIpc) is 3.24. The van der Waals surface area contributed by atoms with Crippen molar-refractivity contribution in [2.45, 2.75) is 44.6 Å². The van der Waals surface area contributed by atoms with Gasteiger partial charge in [-0.15, -0.1) is 0 Å². The van der Waals surface area contributed by atoms with Crippen LogP contribution < -0.4 is 14.5 Å². The predicted octanol–water partition coefficient (Wildman–Crippen LogP) is 5.13. The third kappa shape index (κ3) is 15.9. The topological polar surface area (TPSA) is 154 Å². The molecule has 3 aromatic carbocycles. The number of nitrogens with zero attached hydrogens (tertiary/aromatic N) is 6. The van der Waals surface area contributed by atoms with E-state index in [0.29, 0.717) is 37.6 Å². The molecule has 0 bridgehead atoms. The third-order valence-corrected chi connectivity index (χ3v) is 12.1. The van der Waals surface area contributed by atoms with E-state index in [1.807, 2.05) is 25.7 Å². The summed E-state index contributed by atoms with van der Waals surface area (Å²) in [6.07, 6.45) is 2.87. The van der Waals surface area contributed by atoms with Crippen molar-refractivity contribution in [3.05, 3.63) is 97.1 Å². The first kappa shape index (κ1) is 46.6. The van der Waals surface area contributed by atoms with Crippen LogP contribution in [0.5, 0.6) is 5.75 Å². The maximum atomic E-state index is 14.2. The Bertz CT molecular complexity index is 1770. The highest BCUT2D eigenvalue weighted by Gasteiger charge is 2.27. The Kier molecular flexibility index (Phi) is 19.0. The lowest BCUT2D eigenvalue weighted by Gasteiger charge is -2.38. The van der Waals surface area contributed by atoms with Gasteiger partial charge in [-0.2, -0.15) is 0 Å². The van der Waals surface area contributed by atoms with Crippen molar-refractivity contribution in [2.75, 3.05) is 107 Å². The van der Waals surface area contributed by atoms with Crippen LogP contribution in [0.4, 0.5) is 16.2 Å². The number of ether oxygens (including phenoxy) is 1. The molecule has 0 saturated carbocycles. The lowest BCUT2D eigenvalue weighted by atomic mass is 10.2. The van der Waals surface area contributed by atoms with Crippen molar-refractivity contribution in [2.24, 2.45) is 0 Å². The fourth-order valence-electron chi connectivity index (χ4n) is 7.16. The van der Waals surface area contributed by atoms with E-state index in [0.717, 1.165) is 78.3 Å². The van der Waals surface area contributed by atoms with Crippen LogP contribution in [0.1, 0.15) is 33.6 Å². The number of rotatable bonds is 19. The van der Waals surface area contributed by atoms with E-state index in [-0.39, 0.29) is 29.3 Å². The van der Waals surface area contributed by atoms with E-state index in [9.17, 15) is 22.8 Å². The van der Waals surface area contributed by atoms with E-state index in [2.05, 4.69) is 80.3 Å². The molecule has 0 aliphatic carbocycles. The Morgan fingerprint density at radius 2 is 1.12 bits per heavy atom. The van der Waals surface area contributed by atoms with Gasteiger partial charge in [0.25, 0.3) is 0 Å². The van der Waals surface area contributed by atoms with E-state index in [1.54, 1.807) is 29.2 Å². The van der Waals surface area contributed by atoms with E-state index in [1.165, 1.54) is 11.4 Å². The third-order valence-electron chi connectivity index (χ3n) is 10.4. The van der Waals surface area contributed by atoms with Gasteiger partial charge in [0.05, 0.1) is 17.3 Å². The van der Waals surface area contributed by atoms with Crippen molar-refractivity contribution in [1.82, 2.24) is 19.6 Å². The molecule has 2 saturated heterocycles. The van der Waals surface area contributed by atoms with Crippen LogP contribution in [0, 0.1) is 0 Å². The van der Waals surface area contributed by atoms with Gasteiger partial charge in [-0.1, -0.05) is 36.4 Å². The number of benzene rings is 3. The van der Waals surface area contributed by atoms with E-state index < -0.39 is 21.8 Å². The fraction of sp³-hybridized carbons (Fsp3) is 0.477. The number of carbonyl (C=O) groups excluding carboxylic acids is 1. The molecule has 2 heterocycles. The summed E-state index contributed by atoms with van der Waals surface area (Å²) in [5, 5.41) is 15.6. The number of hydrogen-bond acceptors (Lipinski definition) is 10. The van der Waals surface area contributed by atoms with Gasteiger partial charge in [-0.3, -0.25) is 9.80 Å². The van der Waals surface area contributed by atoms with Crippen LogP contribution in [0.2, 0.25) is 0 Å². The van der Waals surface area contributed by atoms with Crippen molar-refractivity contribution in [1.29, 1.82) is 0 Å². The van der Waals surface area contributed by atoms with E-state index >= 15 is 0 Å². The molecule has 2 aliphatic heterocycles. The molecule has 14 nitrogen and oxygen atoms in total. The maximum Gasteiger partial charge on any atom is 0.328 e. The first-order chi connectivity index (χ1) is 28.4. The molecule has 0 unspecified atom stereocenters. The summed E-state index contributed by atoms with van der Waals surface area (Å²) in [5.74, 6) is -2.00. The molecule has 0 radical (unpaired) electrons. The van der Waals surface area contributed by atoms with Gasteiger partial charge in [0.2, 0.25) is 0 Å². The number of amides is 2. The minimum Gasteiger partial charge on any atom is -0.494 e. The van der Waals surface area contributed by atoms with Crippen molar-refractivity contribution in [3.8, 4) is 5.75 Å². The molecule has 15 heteroatoms. The Balaban J connectivity index is 0.000000870. The number of carboxylic acids is 2. The minimum atomic E-state index is -3.58. The van der Waals surface area contributed by atoms with Crippen molar-refractivity contribution >= 4 is 39.2 Å². The molecular formula is C44H62N6O8S. The lowest BCUT2D eigenvalue weighted by molar-refractivity contribution is -0.134. The summed E-state index contributed by atoms with van der Waals surface area (Å²) in [5.41, 5.74) is 2.54. The number of sulfone groups is 1. The second kappa shape index (κ2) is 24.1. The number of piperazine rings is 2. The number of anilines is 2. The monoisotopic (exact) mass is 834 g/mol. The van der Waals surface area contributed by atoms with Crippen LogP contribution >= 0.6 is 0 Å². The number of carbonyl (C=O) groups is 3. The smallest absolute Gasteiger partial charge is 0.328 e. The molecule has 322 valence electrons. The summed E-state index contributed by atoms with van der Waals surface area (Å²) in [7, 11) is -3.58. The molecule has 2 N–H and O–H groups in total. The van der Waals surface area contributed by atoms with Gasteiger partial charge in [0.1, 0.15) is 5.75 Å². The number of urea groups is 1. The largest absolute Gasteiger partial charge is 0.494 e. The second-order valence-electron chi connectivity index (χ2n) is 14.8. The Morgan fingerprint density at radius 1 is 0.678 bits per heavy atom. The first-order valence-electron chi connectivity index (χ1n) is 20.6. The molecule has 2 aliphatic rings. The molecule has 3 aromatic rings. The van der Waals surface area contributed by atoms with Crippen LogP contribution in [0.3, 0.4) is 0 Å². The average molecular weight is 835 g/mol. The molecule has 0 atom stereocenters. The Hall–Kier alpha value is -5.12. The molecule has 0 aromatic heterocycles. The zero-order chi connectivity index (χ0) is 42.6. The fourth-order valence-corrected chi connectivity index (χ4v) is 8.38. The number of aliphatic carboxylic acids is 2. The van der Waals surface area contributed by atoms with Gasteiger partial charge in [0.15, 0.2) is 9.84 Å². The molecule has 5 rings (SSSR count). The normalized spacial score (nSPS) is 15.1. The lowest BCUT2D eigenvalue weighted by Crippen LogP contribution is -2.50. The van der Waals surface area contributed by atoms with Crippen molar-refractivity contribution < 1.29 is 37.8 Å². The Labute approximate surface area is 350 Å². The summed E-state index contributed by atoms with van der Waals surface area (Å²) in [6.45, 7) is 17.6. The number of para-hydroxylation sites is 2. The highest BCUT2D eigenvalue weighted by molar-refractivity contribution is 7.91. The maximum absolute atomic E-state index is 14.2. The summed E-state index contributed by atoms with van der Waals surface area (Å²) < 4.78 is 32.1. The van der Waals surface area contributed by atoms with Gasteiger partial charge in [-0.05, 0) is 95.2 Å². The van der Waals surface area contributed by atoms with Gasteiger partial charge < -0.3 is 34.5 Å². The number of hydrogen-bond donors (Lipinski definition) is 2. The minimum absolute atomic E-state index is 0.0744. The van der Waals surface area contributed by atoms with Crippen LogP contribution in [-0.4, -0.2) is 160 Å². The molecule has 0 spiro atoms.